The van der Waals surface area contributed by atoms with E-state index in [1.54, 1.807) is 24.3 Å². The minimum absolute atomic E-state index is 0.325. The molecule has 40 heavy (non-hydrogen) atoms. The number of hydrogen-bond acceptors (Lipinski definition) is 5. The molecule has 0 aliphatic heterocycles. The second-order valence-electron chi connectivity index (χ2n) is 9.05. The van der Waals surface area contributed by atoms with E-state index in [0.29, 0.717) is 38.7 Å². The summed E-state index contributed by atoms with van der Waals surface area (Å²) in [4.78, 5) is 33.3. The lowest BCUT2D eigenvalue weighted by Gasteiger charge is -2.10. The minimum atomic E-state index is -0.917. The highest BCUT2D eigenvalue weighted by molar-refractivity contribution is 6.15. The fourth-order valence-corrected chi connectivity index (χ4v) is 4.78. The third kappa shape index (κ3) is 4.70. The van der Waals surface area contributed by atoms with Crippen molar-refractivity contribution in [2.75, 3.05) is 0 Å². The first kappa shape index (κ1) is 24.7. The number of benzene rings is 5. The second-order valence-corrected chi connectivity index (χ2v) is 9.05. The standard InChI is InChI=1S/C20H13NO2.C14H9NO2/c22-20(23-14-8-2-1-3-9-14)19-15-10-4-6-12-17(15)21-18-13-7-5-11-16(18)19;16-14(17)13-9-5-1-3-7-11(9)15-12-8-4-2-6-10(12)13/h1-13H;1-8H,(H,16,17). The molecular weight excluding hydrogens is 500 g/mol. The summed E-state index contributed by atoms with van der Waals surface area (Å²) in [5.41, 5.74) is 3.87. The van der Waals surface area contributed by atoms with Crippen LogP contribution in [0.2, 0.25) is 0 Å². The van der Waals surface area contributed by atoms with Crippen LogP contribution in [0.1, 0.15) is 20.7 Å². The minimum Gasteiger partial charge on any atom is -0.478 e. The number of esters is 1. The van der Waals surface area contributed by atoms with E-state index in [4.69, 9.17) is 4.74 Å². The van der Waals surface area contributed by atoms with Crippen molar-refractivity contribution in [3.8, 4) is 5.75 Å². The number of hydrogen-bond donors (Lipinski definition) is 1. The maximum atomic E-state index is 12.8. The fraction of sp³-hybridized carbons (Fsp3) is 0. The third-order valence-electron chi connectivity index (χ3n) is 6.55. The zero-order valence-electron chi connectivity index (χ0n) is 21.2. The lowest BCUT2D eigenvalue weighted by Crippen LogP contribution is -2.10. The molecule has 192 valence electrons. The molecule has 2 aromatic heterocycles. The molecule has 2 heterocycles. The first-order valence-corrected chi connectivity index (χ1v) is 12.7. The summed E-state index contributed by atoms with van der Waals surface area (Å²) in [6.45, 7) is 0. The average molecular weight is 523 g/mol. The van der Waals surface area contributed by atoms with Crippen molar-refractivity contribution in [1.82, 2.24) is 9.97 Å². The van der Waals surface area contributed by atoms with Crippen LogP contribution in [0.5, 0.6) is 5.75 Å². The molecule has 7 aromatic rings. The van der Waals surface area contributed by atoms with E-state index in [9.17, 15) is 14.7 Å². The number of carbonyl (C=O) groups is 2. The van der Waals surface area contributed by atoms with Crippen molar-refractivity contribution in [1.29, 1.82) is 0 Å². The third-order valence-corrected chi connectivity index (χ3v) is 6.55. The van der Waals surface area contributed by atoms with Gasteiger partial charge in [0.1, 0.15) is 5.75 Å². The van der Waals surface area contributed by atoms with Gasteiger partial charge in [-0.05, 0) is 36.4 Å². The number of rotatable bonds is 3. The van der Waals surface area contributed by atoms with Gasteiger partial charge in [-0.15, -0.1) is 0 Å². The van der Waals surface area contributed by atoms with Gasteiger partial charge in [-0.25, -0.2) is 19.6 Å². The Balaban J connectivity index is 0.000000151. The molecule has 0 radical (unpaired) electrons. The highest BCUT2D eigenvalue weighted by atomic mass is 16.5. The molecule has 0 spiro atoms. The number of nitrogens with zero attached hydrogens (tertiary/aromatic N) is 2. The summed E-state index contributed by atoms with van der Waals surface area (Å²) >= 11 is 0. The highest BCUT2D eigenvalue weighted by Gasteiger charge is 2.18. The van der Waals surface area contributed by atoms with Crippen LogP contribution in [-0.2, 0) is 0 Å². The van der Waals surface area contributed by atoms with E-state index in [2.05, 4.69) is 9.97 Å². The topological polar surface area (TPSA) is 89.4 Å². The maximum absolute atomic E-state index is 12.8. The predicted molar refractivity (Wildman–Crippen MR) is 157 cm³/mol. The average Bonchev–Trinajstić information content (AvgIpc) is 2.99. The van der Waals surface area contributed by atoms with Gasteiger partial charge in [-0.2, -0.15) is 0 Å². The van der Waals surface area contributed by atoms with Gasteiger partial charge in [0.05, 0.1) is 33.2 Å². The van der Waals surface area contributed by atoms with Gasteiger partial charge in [-0.1, -0.05) is 91.0 Å². The van der Waals surface area contributed by atoms with Gasteiger partial charge >= 0.3 is 11.9 Å². The lowest BCUT2D eigenvalue weighted by atomic mass is 10.0. The SMILES string of the molecule is O=C(O)c1c2ccccc2nc2ccccc12.O=C(Oc1ccccc1)c1c2ccccc2nc2ccccc12. The summed E-state index contributed by atoms with van der Waals surface area (Å²) in [6, 6.07) is 38.9. The van der Waals surface area contributed by atoms with E-state index < -0.39 is 5.97 Å². The van der Waals surface area contributed by atoms with Crippen LogP contribution in [0.3, 0.4) is 0 Å². The first-order valence-electron chi connectivity index (χ1n) is 12.7. The Morgan fingerprint density at radius 1 is 0.475 bits per heavy atom. The first-order chi connectivity index (χ1) is 19.6. The van der Waals surface area contributed by atoms with Gasteiger partial charge in [0.15, 0.2) is 0 Å². The molecule has 0 bridgehead atoms. The van der Waals surface area contributed by atoms with Gasteiger partial charge in [0.2, 0.25) is 0 Å². The molecule has 0 aliphatic rings. The Bertz CT molecular complexity index is 1930. The number of carboxylic acid groups (broad SMARTS) is 1. The molecule has 0 atom stereocenters. The van der Waals surface area contributed by atoms with E-state index in [1.165, 1.54) is 0 Å². The monoisotopic (exact) mass is 522 g/mol. The molecule has 6 nitrogen and oxygen atoms in total. The van der Waals surface area contributed by atoms with Crippen molar-refractivity contribution in [2.24, 2.45) is 0 Å². The number of ether oxygens (including phenoxy) is 1. The molecule has 1 N–H and O–H groups in total. The van der Waals surface area contributed by atoms with Crippen LogP contribution in [-0.4, -0.2) is 27.0 Å². The Morgan fingerprint density at radius 3 is 1.23 bits per heavy atom. The normalized spacial score (nSPS) is 10.8. The molecular formula is C34H22N2O4. The molecule has 0 saturated carbocycles. The van der Waals surface area contributed by atoms with E-state index in [-0.39, 0.29) is 5.97 Å². The number of para-hydroxylation sites is 5. The Hall–Kier alpha value is -5.62. The largest absolute Gasteiger partial charge is 0.478 e. The predicted octanol–water partition coefficient (Wildman–Crippen LogP) is 7.69. The Kier molecular flexibility index (Phi) is 6.56. The van der Waals surface area contributed by atoms with Crippen molar-refractivity contribution in [3.05, 3.63) is 139 Å². The van der Waals surface area contributed by atoms with Crippen LogP contribution in [0.25, 0.3) is 43.6 Å². The van der Waals surface area contributed by atoms with Crippen LogP contribution < -0.4 is 4.74 Å². The number of aromatic carboxylic acids is 1. The van der Waals surface area contributed by atoms with Crippen molar-refractivity contribution >= 4 is 55.6 Å². The zero-order valence-corrected chi connectivity index (χ0v) is 21.2. The molecule has 7 rings (SSSR count). The van der Waals surface area contributed by atoms with Crippen molar-refractivity contribution in [2.45, 2.75) is 0 Å². The zero-order chi connectivity index (χ0) is 27.5. The van der Waals surface area contributed by atoms with Gasteiger partial charge in [-0.3, -0.25) is 0 Å². The van der Waals surface area contributed by atoms with Crippen LogP contribution in [0, 0.1) is 0 Å². The summed E-state index contributed by atoms with van der Waals surface area (Å²) in [7, 11) is 0. The van der Waals surface area contributed by atoms with Crippen LogP contribution in [0.15, 0.2) is 127 Å². The molecule has 0 unspecified atom stereocenters. The van der Waals surface area contributed by atoms with Gasteiger partial charge in [0.25, 0.3) is 0 Å². The second kappa shape index (κ2) is 10.6. The smallest absolute Gasteiger partial charge is 0.344 e. The van der Waals surface area contributed by atoms with Crippen molar-refractivity contribution in [3.63, 3.8) is 0 Å². The summed E-state index contributed by atoms with van der Waals surface area (Å²) < 4.78 is 5.55. The van der Waals surface area contributed by atoms with E-state index in [0.717, 1.165) is 21.8 Å². The van der Waals surface area contributed by atoms with Crippen LogP contribution in [0.4, 0.5) is 0 Å². The maximum Gasteiger partial charge on any atom is 0.344 e. The van der Waals surface area contributed by atoms with Gasteiger partial charge < -0.3 is 9.84 Å². The van der Waals surface area contributed by atoms with Gasteiger partial charge in [0, 0.05) is 21.5 Å². The quantitative estimate of drug-likeness (QED) is 0.145. The van der Waals surface area contributed by atoms with E-state index in [1.807, 2.05) is 103 Å². The Labute approximate surface area is 229 Å². The summed E-state index contributed by atoms with van der Waals surface area (Å²) in [6.07, 6.45) is 0. The number of carboxylic acids is 1. The number of pyridine rings is 2. The number of aromatic nitrogens is 2. The lowest BCUT2D eigenvalue weighted by molar-refractivity contribution is 0.0698. The Morgan fingerprint density at radius 2 is 0.825 bits per heavy atom. The molecule has 0 amide bonds. The highest BCUT2D eigenvalue weighted by Crippen LogP contribution is 2.28. The summed E-state index contributed by atoms with van der Waals surface area (Å²) in [5, 5.41) is 12.3. The molecule has 5 aromatic carbocycles. The molecule has 0 saturated heterocycles. The molecule has 0 aliphatic carbocycles. The van der Waals surface area contributed by atoms with Crippen LogP contribution >= 0.6 is 0 Å². The van der Waals surface area contributed by atoms with Crippen molar-refractivity contribution < 1.29 is 19.4 Å². The van der Waals surface area contributed by atoms with E-state index >= 15 is 0 Å². The molecule has 6 heteroatoms. The fourth-order valence-electron chi connectivity index (χ4n) is 4.78. The molecule has 0 fully saturated rings. The number of fused-ring (bicyclic) bond motifs is 4. The summed E-state index contributed by atoms with van der Waals surface area (Å²) in [5.74, 6) is -0.756. The number of carbonyl (C=O) groups excluding carboxylic acids is 1.